The molecule has 31 heavy (non-hydrogen) atoms. The maximum Gasteiger partial charge on any atom is 0.325 e. The third-order valence-electron chi connectivity index (χ3n) is 6.22. The Morgan fingerprint density at radius 2 is 1.84 bits per heavy atom. The highest BCUT2D eigenvalue weighted by Gasteiger charge is 2.55. The first-order valence-corrected chi connectivity index (χ1v) is 10.00. The van der Waals surface area contributed by atoms with Gasteiger partial charge in [-0.3, -0.25) is 14.5 Å². The van der Waals surface area contributed by atoms with Crippen LogP contribution < -0.4 is 5.32 Å². The van der Waals surface area contributed by atoms with E-state index < -0.39 is 54.4 Å². The highest BCUT2D eigenvalue weighted by Crippen LogP contribution is 2.41. The fourth-order valence-corrected chi connectivity index (χ4v) is 4.51. The van der Waals surface area contributed by atoms with E-state index in [2.05, 4.69) is 5.32 Å². The number of imide groups is 1. The number of halogens is 3. The molecule has 0 atom stereocenters. The van der Waals surface area contributed by atoms with E-state index in [4.69, 9.17) is 0 Å². The highest BCUT2D eigenvalue weighted by atomic mass is 19.3. The molecule has 0 bridgehead atoms. The number of aromatic nitrogens is 1. The summed E-state index contributed by atoms with van der Waals surface area (Å²) in [6.07, 6.45) is 0.269. The number of hydrogen-bond acceptors (Lipinski definition) is 3. The number of carbonyl (C=O) groups is 3. The van der Waals surface area contributed by atoms with Crippen LogP contribution in [0.25, 0.3) is 11.3 Å². The number of aryl methyl sites for hydroxylation is 1. The number of amides is 3. The molecule has 2 fully saturated rings. The zero-order valence-corrected chi connectivity index (χ0v) is 17.2. The summed E-state index contributed by atoms with van der Waals surface area (Å²) >= 11 is 0. The lowest BCUT2D eigenvalue weighted by Gasteiger charge is -2.34. The van der Waals surface area contributed by atoms with Crippen LogP contribution in [0.5, 0.6) is 0 Å². The minimum Gasteiger partial charge on any atom is -0.350 e. The number of rotatable bonds is 4. The molecule has 1 saturated heterocycles. The zero-order valence-electron chi connectivity index (χ0n) is 17.2. The van der Waals surface area contributed by atoms with Gasteiger partial charge in [-0.15, -0.1) is 0 Å². The van der Waals surface area contributed by atoms with E-state index in [-0.39, 0.29) is 12.8 Å². The Balaban J connectivity index is 1.56. The van der Waals surface area contributed by atoms with Gasteiger partial charge in [0.2, 0.25) is 5.92 Å². The number of urea groups is 1. The van der Waals surface area contributed by atoms with Crippen LogP contribution in [0.4, 0.5) is 18.0 Å². The number of nitrogens with zero attached hydrogens (tertiary/aromatic N) is 2. The Morgan fingerprint density at radius 3 is 2.48 bits per heavy atom. The van der Waals surface area contributed by atoms with Gasteiger partial charge >= 0.3 is 6.03 Å². The quantitative estimate of drug-likeness (QED) is 0.589. The molecule has 0 radical (unpaired) electrons. The molecule has 2 heterocycles. The molecule has 1 saturated carbocycles. The zero-order chi connectivity index (χ0) is 22.6. The molecule has 3 amide bonds. The summed E-state index contributed by atoms with van der Waals surface area (Å²) in [5.41, 5.74) is 0.773. The van der Waals surface area contributed by atoms with Crippen molar-refractivity contribution in [1.29, 1.82) is 0 Å². The molecule has 2 aliphatic rings. The van der Waals surface area contributed by atoms with Crippen molar-refractivity contribution < 1.29 is 27.6 Å². The van der Waals surface area contributed by atoms with Crippen molar-refractivity contribution in [2.45, 2.75) is 44.1 Å². The summed E-state index contributed by atoms with van der Waals surface area (Å²) in [4.78, 5) is 39.1. The molecule has 2 aromatic rings. The maximum atomic E-state index is 13.6. The summed E-state index contributed by atoms with van der Waals surface area (Å²) in [5.74, 6) is -4.36. The fourth-order valence-electron chi connectivity index (χ4n) is 4.51. The summed E-state index contributed by atoms with van der Waals surface area (Å²) in [6.45, 7) is 1.22. The first kappa shape index (κ1) is 21.1. The van der Waals surface area contributed by atoms with Crippen LogP contribution in [0.15, 0.2) is 30.5 Å². The number of nitrogens with one attached hydrogen (secondary N) is 1. The van der Waals surface area contributed by atoms with Crippen LogP contribution >= 0.6 is 0 Å². The van der Waals surface area contributed by atoms with Gasteiger partial charge < -0.3 is 9.88 Å². The molecule has 1 aliphatic heterocycles. The molecular formula is C22H22F3N3O3. The Hall–Kier alpha value is -3.10. The number of carbonyl (C=O) groups excluding carboxylic acids is 3. The molecule has 164 valence electrons. The van der Waals surface area contributed by atoms with Gasteiger partial charge in [0.25, 0.3) is 5.91 Å². The van der Waals surface area contributed by atoms with Crippen molar-refractivity contribution in [3.63, 3.8) is 0 Å². The molecule has 1 aliphatic carbocycles. The lowest BCUT2D eigenvalue weighted by atomic mass is 9.80. The number of benzene rings is 1. The van der Waals surface area contributed by atoms with E-state index >= 15 is 0 Å². The average molecular weight is 433 g/mol. The maximum absolute atomic E-state index is 13.6. The van der Waals surface area contributed by atoms with Gasteiger partial charge in [0.05, 0.1) is 12.2 Å². The Morgan fingerprint density at radius 1 is 1.16 bits per heavy atom. The van der Waals surface area contributed by atoms with Gasteiger partial charge in [0.15, 0.2) is 5.78 Å². The summed E-state index contributed by atoms with van der Waals surface area (Å²) < 4.78 is 42.4. The van der Waals surface area contributed by atoms with Crippen LogP contribution in [0.3, 0.4) is 0 Å². The second kappa shape index (κ2) is 7.25. The predicted octanol–water partition coefficient (Wildman–Crippen LogP) is 3.82. The molecule has 6 nitrogen and oxygen atoms in total. The third kappa shape index (κ3) is 3.62. The third-order valence-corrected chi connectivity index (χ3v) is 6.22. The Bertz CT molecular complexity index is 1080. The van der Waals surface area contributed by atoms with E-state index in [0.717, 1.165) is 4.90 Å². The van der Waals surface area contributed by atoms with Crippen LogP contribution in [-0.2, 0) is 11.8 Å². The lowest BCUT2D eigenvalue weighted by Crippen LogP contribution is -2.51. The topological polar surface area (TPSA) is 71.4 Å². The first-order valence-electron chi connectivity index (χ1n) is 10.00. The van der Waals surface area contributed by atoms with Crippen molar-refractivity contribution in [2.24, 2.45) is 7.05 Å². The molecule has 0 unspecified atom stereocenters. The number of Topliss-reactive ketones (excluding diaryl/α,β-unsaturated/α-hetero) is 1. The molecule has 4 rings (SSSR count). The van der Waals surface area contributed by atoms with Crippen molar-refractivity contribution in [1.82, 2.24) is 14.8 Å². The number of alkyl halides is 2. The highest BCUT2D eigenvalue weighted by molar-refractivity contribution is 6.11. The summed E-state index contributed by atoms with van der Waals surface area (Å²) in [6, 6.07) is 5.22. The molecule has 1 aromatic heterocycles. The smallest absolute Gasteiger partial charge is 0.325 e. The van der Waals surface area contributed by atoms with Crippen molar-refractivity contribution in [3.05, 3.63) is 47.4 Å². The molecule has 9 heteroatoms. The average Bonchev–Trinajstić information content (AvgIpc) is 3.12. The van der Waals surface area contributed by atoms with E-state index in [1.54, 1.807) is 36.9 Å². The van der Waals surface area contributed by atoms with E-state index in [9.17, 15) is 27.6 Å². The van der Waals surface area contributed by atoms with E-state index in [0.29, 0.717) is 22.4 Å². The summed E-state index contributed by atoms with van der Waals surface area (Å²) in [7, 11) is 1.72. The largest absolute Gasteiger partial charge is 0.350 e. The number of hydrogen-bond donors (Lipinski definition) is 1. The van der Waals surface area contributed by atoms with E-state index in [1.807, 2.05) is 0 Å². The first-order chi connectivity index (χ1) is 14.5. The molecule has 1 aromatic carbocycles. The van der Waals surface area contributed by atoms with Crippen LogP contribution in [0.1, 0.15) is 41.6 Å². The Labute approximate surface area is 177 Å². The fraction of sp³-hybridized carbons (Fsp3) is 0.409. The van der Waals surface area contributed by atoms with Crippen LogP contribution in [0.2, 0.25) is 0 Å². The van der Waals surface area contributed by atoms with Gasteiger partial charge in [-0.2, -0.15) is 0 Å². The van der Waals surface area contributed by atoms with Crippen LogP contribution in [0, 0.1) is 12.7 Å². The monoisotopic (exact) mass is 433 g/mol. The van der Waals surface area contributed by atoms with Gasteiger partial charge in [-0.25, -0.2) is 18.0 Å². The second-order valence-electron chi connectivity index (χ2n) is 8.32. The SMILES string of the molecule is Cc1c(C(=O)CN2C(=O)NC3(CCC(F)(F)CC3)C2=O)cn(C)c1-c1cccc(F)c1. The molecule has 1 spiro atoms. The van der Waals surface area contributed by atoms with E-state index in [1.165, 1.54) is 12.1 Å². The van der Waals surface area contributed by atoms with Crippen molar-refractivity contribution in [2.75, 3.05) is 6.54 Å². The van der Waals surface area contributed by atoms with Crippen LogP contribution in [-0.4, -0.2) is 45.2 Å². The minimum absolute atomic E-state index is 0.163. The second-order valence-corrected chi connectivity index (χ2v) is 8.32. The molecule has 1 N–H and O–H groups in total. The predicted molar refractivity (Wildman–Crippen MR) is 106 cm³/mol. The van der Waals surface area contributed by atoms with Gasteiger partial charge in [-0.1, -0.05) is 12.1 Å². The van der Waals surface area contributed by atoms with Gasteiger partial charge in [0.1, 0.15) is 11.4 Å². The lowest BCUT2D eigenvalue weighted by molar-refractivity contribution is -0.135. The van der Waals surface area contributed by atoms with Gasteiger partial charge in [-0.05, 0) is 37.5 Å². The van der Waals surface area contributed by atoms with Crippen molar-refractivity contribution >= 4 is 17.7 Å². The van der Waals surface area contributed by atoms with Crippen molar-refractivity contribution in [3.8, 4) is 11.3 Å². The number of ketones is 1. The minimum atomic E-state index is -2.85. The summed E-state index contributed by atoms with van der Waals surface area (Å²) in [5, 5.41) is 2.53. The normalized spacial score (nSPS) is 19.7. The molecular weight excluding hydrogens is 411 g/mol. The Kier molecular flexibility index (Phi) is 4.94. The van der Waals surface area contributed by atoms with Gasteiger partial charge in [0, 0.05) is 37.2 Å². The standard InChI is InChI=1S/C22H22F3N3O3/c1-13-16(11-27(2)18(13)14-4-3-5-15(23)10-14)17(29)12-28-19(30)21(26-20(28)31)6-8-22(24,25)9-7-21/h3-5,10-11H,6-9,12H2,1-2H3,(H,26,31).